The van der Waals surface area contributed by atoms with Crippen molar-refractivity contribution in [2.24, 2.45) is 0 Å². The Balaban J connectivity index is 1.43. The lowest BCUT2D eigenvalue weighted by Crippen LogP contribution is -2.48. The molecule has 0 saturated carbocycles. The van der Waals surface area contributed by atoms with E-state index >= 15 is 0 Å². The van der Waals surface area contributed by atoms with Gasteiger partial charge in [-0.05, 0) is 11.4 Å². The lowest BCUT2D eigenvalue weighted by molar-refractivity contribution is -0.139. The largest absolute Gasteiger partial charge is 0.379 e. The van der Waals surface area contributed by atoms with E-state index in [2.05, 4.69) is 15.5 Å². The molecule has 2 fully saturated rings. The molecule has 2 saturated heterocycles. The lowest BCUT2D eigenvalue weighted by Gasteiger charge is -2.26. The number of morpholine rings is 1. The summed E-state index contributed by atoms with van der Waals surface area (Å²) < 4.78 is 37.4. The zero-order valence-electron chi connectivity index (χ0n) is 15.3. The second kappa shape index (κ2) is 9.76. The predicted molar refractivity (Wildman–Crippen MR) is 101 cm³/mol. The summed E-state index contributed by atoms with van der Waals surface area (Å²) in [6.45, 7) is 4.27. The van der Waals surface area contributed by atoms with Crippen LogP contribution < -0.4 is 10.6 Å². The molecule has 10 nitrogen and oxygen atoms in total. The van der Waals surface area contributed by atoms with Crippen LogP contribution in [0.5, 0.6) is 0 Å². The lowest BCUT2D eigenvalue weighted by atomic mass is 10.4. The van der Waals surface area contributed by atoms with Crippen molar-refractivity contribution in [3.05, 3.63) is 17.5 Å². The van der Waals surface area contributed by atoms with E-state index in [1.807, 2.05) is 0 Å². The highest BCUT2D eigenvalue weighted by molar-refractivity contribution is 7.91. The molecular weight excluding hydrogens is 408 g/mol. The van der Waals surface area contributed by atoms with E-state index in [0.29, 0.717) is 26.3 Å². The number of thiophene rings is 1. The molecule has 156 valence electrons. The van der Waals surface area contributed by atoms with E-state index in [0.717, 1.165) is 24.4 Å². The van der Waals surface area contributed by atoms with Crippen molar-refractivity contribution in [1.82, 2.24) is 19.8 Å². The molecule has 2 aliphatic rings. The van der Waals surface area contributed by atoms with Crippen LogP contribution in [0, 0.1) is 0 Å². The Morgan fingerprint density at radius 2 is 1.89 bits per heavy atom. The predicted octanol–water partition coefficient (Wildman–Crippen LogP) is -1.34. The molecule has 2 amide bonds. The maximum absolute atomic E-state index is 12.6. The summed E-state index contributed by atoms with van der Waals surface area (Å²) in [6, 6.07) is 3.18. The second-order valence-corrected chi connectivity index (χ2v) is 9.36. The number of nitrogens with one attached hydrogen (secondary N) is 2. The Morgan fingerprint density at radius 3 is 2.61 bits per heavy atom. The molecule has 0 aliphatic carbocycles. The molecular formula is C16H24N4O6S2. The van der Waals surface area contributed by atoms with Gasteiger partial charge in [0.1, 0.15) is 10.4 Å². The molecule has 0 radical (unpaired) electrons. The molecule has 0 aromatic carbocycles. The van der Waals surface area contributed by atoms with Gasteiger partial charge in [0.25, 0.3) is 10.0 Å². The third-order valence-electron chi connectivity index (χ3n) is 4.46. The zero-order chi connectivity index (χ0) is 20.0. The highest BCUT2D eigenvalue weighted by Crippen LogP contribution is 2.25. The standard InChI is InChI=1S/C16H24N4O6S2/c21-15(17-3-4-19-5-8-25-9-6-19)16(22)18-12-13-20(7-10-26-13)28(23,24)14-2-1-11-27-14/h1-2,11,13H,3-10,12H2,(H,17,21)(H,18,22)/t13-/m0/s1. The molecule has 1 aromatic heterocycles. The van der Waals surface area contributed by atoms with Crippen LogP contribution >= 0.6 is 11.3 Å². The summed E-state index contributed by atoms with van der Waals surface area (Å²) >= 11 is 1.12. The van der Waals surface area contributed by atoms with Gasteiger partial charge in [-0.1, -0.05) is 6.07 Å². The third kappa shape index (κ3) is 5.27. The van der Waals surface area contributed by atoms with Crippen LogP contribution in [0.3, 0.4) is 0 Å². The van der Waals surface area contributed by atoms with Gasteiger partial charge in [-0.15, -0.1) is 11.3 Å². The fourth-order valence-electron chi connectivity index (χ4n) is 2.96. The van der Waals surface area contributed by atoms with Crippen molar-refractivity contribution in [2.75, 3.05) is 59.1 Å². The van der Waals surface area contributed by atoms with Crippen molar-refractivity contribution in [1.29, 1.82) is 0 Å². The number of nitrogens with zero attached hydrogens (tertiary/aromatic N) is 2. The second-order valence-electron chi connectivity index (χ2n) is 6.29. The van der Waals surface area contributed by atoms with Crippen LogP contribution in [0.2, 0.25) is 0 Å². The number of carbonyl (C=O) groups excluding carboxylic acids is 2. The van der Waals surface area contributed by atoms with Crippen molar-refractivity contribution >= 4 is 33.2 Å². The van der Waals surface area contributed by atoms with Crippen LogP contribution in [-0.4, -0.2) is 94.8 Å². The van der Waals surface area contributed by atoms with Crippen LogP contribution in [0.25, 0.3) is 0 Å². The number of sulfonamides is 1. The first-order valence-corrected chi connectivity index (χ1v) is 11.3. The molecule has 2 aliphatic heterocycles. The Morgan fingerprint density at radius 1 is 1.14 bits per heavy atom. The molecule has 0 bridgehead atoms. The Kier molecular flexibility index (Phi) is 7.37. The fourth-order valence-corrected chi connectivity index (χ4v) is 5.59. The molecule has 12 heteroatoms. The summed E-state index contributed by atoms with van der Waals surface area (Å²) in [6.07, 6.45) is -0.836. The van der Waals surface area contributed by atoms with E-state index < -0.39 is 28.1 Å². The fraction of sp³-hybridized carbons (Fsp3) is 0.625. The van der Waals surface area contributed by atoms with Crippen LogP contribution in [0.4, 0.5) is 0 Å². The highest BCUT2D eigenvalue weighted by atomic mass is 32.2. The molecule has 3 heterocycles. The van der Waals surface area contributed by atoms with Gasteiger partial charge in [0, 0.05) is 32.7 Å². The molecule has 2 N–H and O–H groups in total. The maximum atomic E-state index is 12.6. The smallest absolute Gasteiger partial charge is 0.309 e. The summed E-state index contributed by atoms with van der Waals surface area (Å²) in [5.74, 6) is -1.56. The molecule has 1 atom stereocenters. The van der Waals surface area contributed by atoms with Gasteiger partial charge in [-0.3, -0.25) is 14.5 Å². The average Bonchev–Trinajstić information content (AvgIpc) is 3.39. The Bertz CT molecular complexity index is 764. The van der Waals surface area contributed by atoms with Crippen LogP contribution in [0.15, 0.2) is 21.7 Å². The normalized spacial score (nSPS) is 21.5. The minimum absolute atomic E-state index is 0.0969. The monoisotopic (exact) mass is 432 g/mol. The summed E-state index contributed by atoms with van der Waals surface area (Å²) in [5, 5.41) is 6.69. The number of carbonyl (C=O) groups is 2. The maximum Gasteiger partial charge on any atom is 0.309 e. The van der Waals surface area contributed by atoms with Gasteiger partial charge in [0.2, 0.25) is 0 Å². The molecule has 3 rings (SSSR count). The van der Waals surface area contributed by atoms with Gasteiger partial charge in [0.15, 0.2) is 0 Å². The van der Waals surface area contributed by atoms with Crippen molar-refractivity contribution in [3.63, 3.8) is 0 Å². The Labute approximate surface area is 167 Å². The Hall–Kier alpha value is -1.57. The number of hydrogen-bond acceptors (Lipinski definition) is 8. The van der Waals surface area contributed by atoms with E-state index in [9.17, 15) is 18.0 Å². The quantitative estimate of drug-likeness (QED) is 0.512. The summed E-state index contributed by atoms with van der Waals surface area (Å²) in [4.78, 5) is 26.0. The van der Waals surface area contributed by atoms with Crippen molar-refractivity contribution < 1.29 is 27.5 Å². The van der Waals surface area contributed by atoms with E-state index in [4.69, 9.17) is 9.47 Å². The van der Waals surface area contributed by atoms with Crippen LogP contribution in [-0.2, 0) is 29.1 Å². The highest BCUT2D eigenvalue weighted by Gasteiger charge is 2.37. The van der Waals surface area contributed by atoms with Crippen molar-refractivity contribution in [3.8, 4) is 0 Å². The van der Waals surface area contributed by atoms with E-state index in [-0.39, 0.29) is 23.9 Å². The molecule has 0 unspecified atom stereocenters. The first kappa shape index (κ1) is 21.1. The van der Waals surface area contributed by atoms with E-state index in [1.54, 1.807) is 11.4 Å². The minimum atomic E-state index is -3.68. The first-order valence-electron chi connectivity index (χ1n) is 9.01. The number of ether oxygens (including phenoxy) is 2. The number of hydrogen-bond donors (Lipinski definition) is 2. The van der Waals surface area contributed by atoms with Gasteiger partial charge < -0.3 is 20.1 Å². The number of rotatable bonds is 7. The van der Waals surface area contributed by atoms with Gasteiger partial charge in [-0.25, -0.2) is 8.42 Å². The summed E-state index contributed by atoms with van der Waals surface area (Å²) in [7, 11) is -3.68. The SMILES string of the molecule is O=C(NCCN1CCOCC1)C(=O)NC[C@@H]1OCCN1S(=O)(=O)c1cccs1. The van der Waals surface area contributed by atoms with E-state index in [1.165, 1.54) is 10.4 Å². The third-order valence-corrected chi connectivity index (χ3v) is 7.72. The van der Waals surface area contributed by atoms with Gasteiger partial charge >= 0.3 is 11.8 Å². The van der Waals surface area contributed by atoms with Crippen molar-refractivity contribution in [2.45, 2.75) is 10.4 Å². The average molecular weight is 433 g/mol. The zero-order valence-corrected chi connectivity index (χ0v) is 17.0. The summed E-state index contributed by atoms with van der Waals surface area (Å²) in [5.41, 5.74) is 0. The topological polar surface area (TPSA) is 117 Å². The first-order chi connectivity index (χ1) is 13.5. The minimum Gasteiger partial charge on any atom is -0.379 e. The molecule has 1 aromatic rings. The van der Waals surface area contributed by atoms with Gasteiger partial charge in [-0.2, -0.15) is 4.31 Å². The van der Waals surface area contributed by atoms with Gasteiger partial charge in [0.05, 0.1) is 26.4 Å². The number of amides is 2. The molecule has 28 heavy (non-hydrogen) atoms. The van der Waals surface area contributed by atoms with Crippen LogP contribution in [0.1, 0.15) is 0 Å². The molecule has 0 spiro atoms.